The average molecular weight is 717 g/mol. The van der Waals surface area contributed by atoms with Crippen molar-refractivity contribution < 1.29 is 53.2 Å². The molecule has 4 aromatic rings. The maximum atomic E-state index is 10.8. The molecule has 0 amide bonds. The van der Waals surface area contributed by atoms with E-state index in [2.05, 4.69) is 0 Å². The number of hydrogen-bond donors (Lipinski definition) is 3. The van der Waals surface area contributed by atoms with Crippen LogP contribution in [-0.4, -0.2) is 97.1 Å². The van der Waals surface area contributed by atoms with E-state index in [1.165, 1.54) is 7.11 Å². The summed E-state index contributed by atoms with van der Waals surface area (Å²) in [5.41, 5.74) is 3.88. The highest BCUT2D eigenvalue weighted by Crippen LogP contribution is 2.32. The number of ether oxygens (including phenoxy) is 8. The predicted octanol–water partition coefficient (Wildman–Crippen LogP) is 4.15. The van der Waals surface area contributed by atoms with Crippen LogP contribution in [-0.2, 0) is 64.3 Å². The summed E-state index contributed by atoms with van der Waals surface area (Å²) in [5, 5.41) is 31.7. The van der Waals surface area contributed by atoms with E-state index >= 15 is 0 Å². The molecule has 0 bridgehead atoms. The van der Waals surface area contributed by atoms with E-state index in [1.54, 1.807) is 0 Å². The van der Waals surface area contributed by atoms with Crippen LogP contribution in [0.3, 0.4) is 0 Å². The minimum absolute atomic E-state index is 0.143. The van der Waals surface area contributed by atoms with E-state index < -0.39 is 61.4 Å². The molecule has 0 aromatic heterocycles. The zero-order valence-electron chi connectivity index (χ0n) is 29.2. The van der Waals surface area contributed by atoms with Crippen molar-refractivity contribution in [3.05, 3.63) is 144 Å². The molecule has 0 spiro atoms. The molecule has 0 saturated carbocycles. The van der Waals surface area contributed by atoms with Gasteiger partial charge in [-0.1, -0.05) is 121 Å². The molecule has 0 aliphatic carbocycles. The largest absolute Gasteiger partial charge is 0.387 e. The lowest BCUT2D eigenvalue weighted by atomic mass is 9.97. The molecular weight excluding hydrogens is 668 g/mol. The summed E-state index contributed by atoms with van der Waals surface area (Å²) in [5.74, 6) is 0. The third-order valence-electron chi connectivity index (χ3n) is 9.17. The van der Waals surface area contributed by atoms with Crippen LogP contribution in [0.5, 0.6) is 0 Å². The minimum atomic E-state index is -1.51. The Labute approximate surface area is 304 Å². The molecule has 2 aliphatic heterocycles. The van der Waals surface area contributed by atoms with E-state index in [0.717, 1.165) is 22.3 Å². The molecule has 11 heteroatoms. The Bertz CT molecular complexity index is 1560. The summed E-state index contributed by atoms with van der Waals surface area (Å²) in [4.78, 5) is 0. The van der Waals surface area contributed by atoms with Gasteiger partial charge in [0.15, 0.2) is 12.6 Å². The van der Waals surface area contributed by atoms with Gasteiger partial charge in [-0.05, 0) is 22.3 Å². The second-order valence-corrected chi connectivity index (χ2v) is 12.9. The van der Waals surface area contributed by atoms with E-state index in [4.69, 9.17) is 37.9 Å². The maximum absolute atomic E-state index is 10.8. The van der Waals surface area contributed by atoms with Crippen LogP contribution in [0.15, 0.2) is 121 Å². The van der Waals surface area contributed by atoms with Gasteiger partial charge in [0, 0.05) is 7.11 Å². The topological polar surface area (TPSA) is 135 Å². The Hall–Kier alpha value is -3.56. The van der Waals surface area contributed by atoms with Crippen LogP contribution in [0, 0.1) is 0 Å². The van der Waals surface area contributed by atoms with Crippen LogP contribution in [0.25, 0.3) is 0 Å². The molecular formula is C41H48O11. The normalized spacial score (nSPS) is 29.2. The Balaban J connectivity index is 1.30. The summed E-state index contributed by atoms with van der Waals surface area (Å²) >= 11 is 0. The van der Waals surface area contributed by atoms with E-state index in [0.29, 0.717) is 6.61 Å². The number of rotatable bonds is 17. The van der Waals surface area contributed by atoms with Gasteiger partial charge in [0.25, 0.3) is 0 Å². The first kappa shape index (κ1) is 38.2. The molecule has 2 saturated heterocycles. The van der Waals surface area contributed by atoms with Gasteiger partial charge in [0.1, 0.15) is 48.8 Å². The molecule has 3 N–H and O–H groups in total. The third-order valence-corrected chi connectivity index (χ3v) is 9.17. The van der Waals surface area contributed by atoms with E-state index in [1.807, 2.05) is 121 Å². The Kier molecular flexibility index (Phi) is 14.3. The van der Waals surface area contributed by atoms with Gasteiger partial charge in [-0.3, -0.25) is 0 Å². The maximum Gasteiger partial charge on any atom is 0.187 e. The summed E-state index contributed by atoms with van der Waals surface area (Å²) in [6, 6.07) is 39.3. The van der Waals surface area contributed by atoms with Crippen molar-refractivity contribution in [3.63, 3.8) is 0 Å². The van der Waals surface area contributed by atoms with Crippen molar-refractivity contribution >= 4 is 0 Å². The van der Waals surface area contributed by atoms with Crippen molar-refractivity contribution in [3.8, 4) is 0 Å². The van der Waals surface area contributed by atoms with Crippen LogP contribution < -0.4 is 0 Å². The Morgan fingerprint density at radius 1 is 0.442 bits per heavy atom. The zero-order chi connectivity index (χ0) is 36.1. The highest BCUT2D eigenvalue weighted by atomic mass is 16.7. The van der Waals surface area contributed by atoms with Crippen molar-refractivity contribution in [2.24, 2.45) is 0 Å². The number of methoxy groups -OCH3 is 1. The summed E-state index contributed by atoms with van der Waals surface area (Å²) in [6.45, 7) is 1.04. The molecule has 278 valence electrons. The summed E-state index contributed by atoms with van der Waals surface area (Å²) in [7, 11) is 1.35. The fourth-order valence-electron chi connectivity index (χ4n) is 6.32. The van der Waals surface area contributed by atoms with Gasteiger partial charge < -0.3 is 53.2 Å². The van der Waals surface area contributed by atoms with Gasteiger partial charge in [-0.25, -0.2) is 0 Å². The second-order valence-electron chi connectivity index (χ2n) is 12.9. The van der Waals surface area contributed by atoms with E-state index in [-0.39, 0.29) is 33.0 Å². The monoisotopic (exact) mass is 716 g/mol. The number of aliphatic hydroxyl groups is 3. The molecule has 11 nitrogen and oxygen atoms in total. The molecule has 0 unspecified atom stereocenters. The second kappa shape index (κ2) is 19.5. The van der Waals surface area contributed by atoms with Gasteiger partial charge in [-0.2, -0.15) is 0 Å². The molecule has 10 atom stereocenters. The first-order chi connectivity index (χ1) is 25.5. The third kappa shape index (κ3) is 10.3. The van der Waals surface area contributed by atoms with Crippen molar-refractivity contribution in [2.75, 3.05) is 20.3 Å². The SMILES string of the molecule is CO[C@@H]1O[C@H](CO[C@@H]2O[C@H](COCc3ccccc3)[C@@H](OCc3ccccc3)[C@H](OCc3ccccc3)[C@H]2OCc2ccccc2)[C@H](O)[C@H](O)[C@H]1O. The lowest BCUT2D eigenvalue weighted by molar-refractivity contribution is -0.343. The van der Waals surface area contributed by atoms with Crippen molar-refractivity contribution in [2.45, 2.75) is 87.8 Å². The smallest absolute Gasteiger partial charge is 0.187 e. The van der Waals surface area contributed by atoms with Gasteiger partial charge >= 0.3 is 0 Å². The number of benzene rings is 4. The minimum Gasteiger partial charge on any atom is -0.387 e. The fraction of sp³-hybridized carbons (Fsp3) is 0.415. The molecule has 4 aromatic carbocycles. The highest BCUT2D eigenvalue weighted by molar-refractivity contribution is 5.16. The highest BCUT2D eigenvalue weighted by Gasteiger charge is 2.50. The zero-order valence-corrected chi connectivity index (χ0v) is 29.2. The average Bonchev–Trinajstić information content (AvgIpc) is 3.19. The first-order valence-electron chi connectivity index (χ1n) is 17.6. The van der Waals surface area contributed by atoms with Crippen LogP contribution in [0.1, 0.15) is 22.3 Å². The van der Waals surface area contributed by atoms with Crippen molar-refractivity contribution in [1.82, 2.24) is 0 Å². The predicted molar refractivity (Wildman–Crippen MR) is 189 cm³/mol. The summed E-state index contributed by atoms with van der Waals surface area (Å²) < 4.78 is 50.3. The Morgan fingerprint density at radius 2 is 0.885 bits per heavy atom. The lowest BCUT2D eigenvalue weighted by Gasteiger charge is -2.46. The Morgan fingerprint density at radius 3 is 1.38 bits per heavy atom. The molecule has 52 heavy (non-hydrogen) atoms. The quantitative estimate of drug-likeness (QED) is 0.146. The molecule has 6 rings (SSSR count). The number of aliphatic hydroxyl groups excluding tert-OH is 3. The molecule has 0 radical (unpaired) electrons. The number of hydrogen-bond acceptors (Lipinski definition) is 11. The lowest BCUT2D eigenvalue weighted by Crippen LogP contribution is -2.63. The van der Waals surface area contributed by atoms with E-state index in [9.17, 15) is 15.3 Å². The fourth-order valence-corrected chi connectivity index (χ4v) is 6.32. The van der Waals surface area contributed by atoms with Gasteiger partial charge in [0.05, 0.1) is 39.6 Å². The van der Waals surface area contributed by atoms with Crippen LogP contribution >= 0.6 is 0 Å². The van der Waals surface area contributed by atoms with Crippen molar-refractivity contribution in [1.29, 1.82) is 0 Å². The van der Waals surface area contributed by atoms with Gasteiger partial charge in [0.2, 0.25) is 0 Å². The van der Waals surface area contributed by atoms with Crippen LogP contribution in [0.2, 0.25) is 0 Å². The first-order valence-corrected chi connectivity index (χ1v) is 17.6. The van der Waals surface area contributed by atoms with Crippen LogP contribution in [0.4, 0.5) is 0 Å². The summed E-state index contributed by atoms with van der Waals surface area (Å²) in [6.07, 6.45) is -10.5. The molecule has 2 heterocycles. The molecule has 2 fully saturated rings. The standard InChI is InChI=1S/C41H48O11/c1-45-40-36(44)35(43)34(42)32(51-40)27-50-41-39(49-25-31-20-12-5-13-21-31)38(48-24-30-18-10-4-11-19-30)37(47-23-29-16-8-3-9-17-29)33(52-41)26-46-22-28-14-6-2-7-15-28/h2-21,32-44H,22-27H2,1H3/t32-,33-,34+,35+,36-,37-,38+,39-,40-,41-/m1/s1. The van der Waals surface area contributed by atoms with Gasteiger partial charge in [-0.15, -0.1) is 0 Å². The molecule has 2 aliphatic rings.